The van der Waals surface area contributed by atoms with Crippen LogP contribution in [0.5, 0.6) is 5.75 Å². The second kappa shape index (κ2) is 6.97. The van der Waals surface area contributed by atoms with Crippen molar-refractivity contribution < 1.29 is 23.5 Å². The Labute approximate surface area is 172 Å². The third-order valence-electron chi connectivity index (χ3n) is 6.52. The standard InChI is InChI=1S/C22H21F2N3O3/c23-17-5-6-18-16(21(17)24)10-26(22(30)25-18)11-20(29)27-9-12-7-15(19(27)8-12)13-1-3-14(28)4-2-13/h1-6,12,15,19,28H,7-11H2,(H,25,30)/t12-,15+,19-/m1/s1. The summed E-state index contributed by atoms with van der Waals surface area (Å²) >= 11 is 0. The highest BCUT2D eigenvalue weighted by Gasteiger charge is 2.47. The van der Waals surface area contributed by atoms with Crippen molar-refractivity contribution in [3.8, 4) is 5.75 Å². The maximum atomic E-state index is 14.1. The summed E-state index contributed by atoms with van der Waals surface area (Å²) in [5.74, 6) is -1.38. The van der Waals surface area contributed by atoms with Gasteiger partial charge in [0, 0.05) is 24.1 Å². The van der Waals surface area contributed by atoms with Crippen LogP contribution in [0.25, 0.3) is 0 Å². The Balaban J connectivity index is 1.31. The highest BCUT2D eigenvalue weighted by atomic mass is 19.2. The van der Waals surface area contributed by atoms with E-state index < -0.39 is 17.7 Å². The Bertz CT molecular complexity index is 1030. The van der Waals surface area contributed by atoms with Gasteiger partial charge in [-0.15, -0.1) is 0 Å². The van der Waals surface area contributed by atoms with Gasteiger partial charge in [0.15, 0.2) is 11.6 Å². The first-order valence-electron chi connectivity index (χ1n) is 10.0. The largest absolute Gasteiger partial charge is 0.508 e. The fourth-order valence-electron chi connectivity index (χ4n) is 5.09. The second-order valence-electron chi connectivity index (χ2n) is 8.32. The van der Waals surface area contributed by atoms with Crippen LogP contribution in [0.15, 0.2) is 36.4 Å². The molecule has 1 saturated heterocycles. The van der Waals surface area contributed by atoms with E-state index in [1.165, 1.54) is 11.0 Å². The van der Waals surface area contributed by atoms with Gasteiger partial charge in [-0.05, 0) is 48.6 Å². The molecular weight excluding hydrogens is 392 g/mol. The van der Waals surface area contributed by atoms with Gasteiger partial charge in [0.2, 0.25) is 5.91 Å². The van der Waals surface area contributed by atoms with Crippen molar-refractivity contribution >= 4 is 17.6 Å². The molecule has 2 fully saturated rings. The molecule has 2 bridgehead atoms. The number of likely N-dealkylation sites (tertiary alicyclic amines) is 1. The van der Waals surface area contributed by atoms with E-state index in [2.05, 4.69) is 5.32 Å². The number of fused-ring (bicyclic) bond motifs is 3. The van der Waals surface area contributed by atoms with Crippen LogP contribution in [0.2, 0.25) is 0 Å². The molecule has 3 atom stereocenters. The number of phenolic OH excluding ortho intramolecular Hbond substituents is 1. The van der Waals surface area contributed by atoms with E-state index >= 15 is 0 Å². The van der Waals surface area contributed by atoms with Gasteiger partial charge >= 0.3 is 6.03 Å². The lowest BCUT2D eigenvalue weighted by molar-refractivity contribution is -0.133. The first-order chi connectivity index (χ1) is 14.4. The van der Waals surface area contributed by atoms with E-state index in [1.54, 1.807) is 12.1 Å². The number of aromatic hydroxyl groups is 1. The normalized spacial score (nSPS) is 24.7. The van der Waals surface area contributed by atoms with Crippen molar-refractivity contribution in [2.45, 2.75) is 31.3 Å². The first kappa shape index (κ1) is 18.8. The number of amides is 3. The smallest absolute Gasteiger partial charge is 0.322 e. The number of rotatable bonds is 3. The number of urea groups is 1. The Kier molecular flexibility index (Phi) is 4.38. The predicted molar refractivity (Wildman–Crippen MR) is 105 cm³/mol. The minimum absolute atomic E-state index is 0.0429. The summed E-state index contributed by atoms with van der Waals surface area (Å²) in [5.41, 5.74) is 1.36. The average Bonchev–Trinajstić information content (AvgIpc) is 3.34. The number of nitrogens with zero attached hydrogens (tertiary/aromatic N) is 2. The number of piperidine rings is 1. The summed E-state index contributed by atoms with van der Waals surface area (Å²) in [5, 5.41) is 12.1. The van der Waals surface area contributed by atoms with Gasteiger partial charge < -0.3 is 20.2 Å². The highest BCUT2D eigenvalue weighted by Crippen LogP contribution is 2.47. The van der Waals surface area contributed by atoms with Crippen LogP contribution in [-0.2, 0) is 11.3 Å². The molecule has 2 aliphatic heterocycles. The molecule has 3 aliphatic rings. The van der Waals surface area contributed by atoms with Crippen molar-refractivity contribution in [1.29, 1.82) is 0 Å². The number of carbonyl (C=O) groups is 2. The number of halogens is 2. The lowest BCUT2D eigenvalue weighted by Gasteiger charge is -2.36. The van der Waals surface area contributed by atoms with E-state index in [1.807, 2.05) is 17.0 Å². The van der Waals surface area contributed by atoms with Gasteiger partial charge in [0.25, 0.3) is 0 Å². The number of phenols is 1. The number of nitrogens with one attached hydrogen (secondary N) is 1. The zero-order chi connectivity index (χ0) is 21.0. The highest BCUT2D eigenvalue weighted by molar-refractivity contribution is 5.95. The van der Waals surface area contributed by atoms with Crippen LogP contribution < -0.4 is 5.32 Å². The minimum atomic E-state index is -1.00. The number of carbonyl (C=O) groups excluding carboxylic acids is 2. The summed E-state index contributed by atoms with van der Waals surface area (Å²) in [7, 11) is 0. The van der Waals surface area contributed by atoms with Crippen molar-refractivity contribution in [2.75, 3.05) is 18.4 Å². The Morgan fingerprint density at radius 1 is 1.13 bits per heavy atom. The lowest BCUT2D eigenvalue weighted by Crippen LogP contribution is -2.49. The number of hydrogen-bond donors (Lipinski definition) is 2. The minimum Gasteiger partial charge on any atom is -0.508 e. The molecule has 2 N–H and O–H groups in total. The molecule has 0 aromatic heterocycles. The van der Waals surface area contributed by atoms with Crippen molar-refractivity contribution in [3.63, 3.8) is 0 Å². The number of anilines is 1. The topological polar surface area (TPSA) is 72.9 Å². The molecule has 1 saturated carbocycles. The summed E-state index contributed by atoms with van der Waals surface area (Å²) < 4.78 is 27.7. The SMILES string of the molecule is O=C1Nc2ccc(F)c(F)c2CN1CC(=O)N1C[C@H]2C[C@@H]1[C@H](c1ccc(O)cc1)C2. The third kappa shape index (κ3) is 3.07. The second-order valence-corrected chi connectivity index (χ2v) is 8.32. The van der Waals surface area contributed by atoms with Crippen LogP contribution >= 0.6 is 0 Å². The summed E-state index contributed by atoms with van der Waals surface area (Å²) in [4.78, 5) is 28.5. The van der Waals surface area contributed by atoms with Gasteiger partial charge in [-0.3, -0.25) is 4.79 Å². The zero-order valence-corrected chi connectivity index (χ0v) is 16.1. The molecule has 0 unspecified atom stereocenters. The van der Waals surface area contributed by atoms with Gasteiger partial charge in [-0.2, -0.15) is 0 Å². The fraction of sp³-hybridized carbons (Fsp3) is 0.364. The van der Waals surface area contributed by atoms with Crippen LogP contribution in [0.4, 0.5) is 19.3 Å². The maximum absolute atomic E-state index is 14.1. The van der Waals surface area contributed by atoms with Crippen LogP contribution in [-0.4, -0.2) is 46.0 Å². The van der Waals surface area contributed by atoms with Crippen molar-refractivity contribution in [1.82, 2.24) is 9.80 Å². The molecule has 6 nitrogen and oxygen atoms in total. The van der Waals surface area contributed by atoms with E-state index in [-0.39, 0.29) is 48.0 Å². The molecule has 2 heterocycles. The third-order valence-corrected chi connectivity index (χ3v) is 6.52. The average molecular weight is 413 g/mol. The molecule has 1 aliphatic carbocycles. The first-order valence-corrected chi connectivity index (χ1v) is 10.0. The van der Waals surface area contributed by atoms with E-state index in [0.29, 0.717) is 12.5 Å². The van der Waals surface area contributed by atoms with E-state index in [9.17, 15) is 23.5 Å². The van der Waals surface area contributed by atoms with Gasteiger partial charge in [-0.1, -0.05) is 12.1 Å². The van der Waals surface area contributed by atoms with E-state index in [0.717, 1.165) is 24.5 Å². The quantitative estimate of drug-likeness (QED) is 0.810. The molecule has 156 valence electrons. The molecule has 2 aromatic carbocycles. The lowest BCUT2D eigenvalue weighted by atomic mass is 9.90. The van der Waals surface area contributed by atoms with Crippen molar-refractivity contribution in [3.05, 3.63) is 59.2 Å². The number of benzene rings is 2. The molecule has 3 amide bonds. The summed E-state index contributed by atoms with van der Waals surface area (Å²) in [6, 6.07) is 8.91. The van der Waals surface area contributed by atoms with E-state index in [4.69, 9.17) is 0 Å². The van der Waals surface area contributed by atoms with Gasteiger partial charge in [0.1, 0.15) is 12.3 Å². The predicted octanol–water partition coefficient (Wildman–Crippen LogP) is 3.42. The van der Waals surface area contributed by atoms with Crippen LogP contribution in [0.3, 0.4) is 0 Å². The molecule has 8 heteroatoms. The van der Waals surface area contributed by atoms with Crippen LogP contribution in [0, 0.1) is 17.6 Å². The Morgan fingerprint density at radius 3 is 2.63 bits per heavy atom. The Hall–Kier alpha value is -3.16. The molecule has 0 radical (unpaired) electrons. The van der Waals surface area contributed by atoms with Gasteiger partial charge in [-0.25, -0.2) is 13.6 Å². The maximum Gasteiger partial charge on any atom is 0.322 e. The molecule has 2 aromatic rings. The molecule has 0 spiro atoms. The van der Waals surface area contributed by atoms with Crippen LogP contribution in [0.1, 0.15) is 29.9 Å². The fourth-order valence-corrected chi connectivity index (χ4v) is 5.09. The molecule has 30 heavy (non-hydrogen) atoms. The zero-order valence-electron chi connectivity index (χ0n) is 16.1. The van der Waals surface area contributed by atoms with Crippen molar-refractivity contribution in [2.24, 2.45) is 5.92 Å². The monoisotopic (exact) mass is 413 g/mol. The molecular formula is C22H21F2N3O3. The summed E-state index contributed by atoms with van der Waals surface area (Å²) in [6.45, 7) is 0.305. The number of hydrogen-bond acceptors (Lipinski definition) is 3. The molecule has 5 rings (SSSR count). The van der Waals surface area contributed by atoms with Gasteiger partial charge in [0.05, 0.1) is 12.2 Å². The summed E-state index contributed by atoms with van der Waals surface area (Å²) in [6.07, 6.45) is 1.90. The Morgan fingerprint density at radius 2 is 1.90 bits per heavy atom.